The number of hydrogen-bond donors (Lipinski definition) is 2. The van der Waals surface area contributed by atoms with Gasteiger partial charge in [-0.15, -0.1) is 6.58 Å². The first kappa shape index (κ1) is 38.0. The van der Waals surface area contributed by atoms with Gasteiger partial charge in [-0.25, -0.2) is 0 Å². The molecule has 264 valence electrons. The lowest BCUT2D eigenvalue weighted by Gasteiger charge is -2.32. The minimum atomic E-state index is -5.66. The molecule has 0 saturated heterocycles. The molecule has 0 fully saturated rings. The van der Waals surface area contributed by atoms with E-state index in [9.17, 15) is 21.6 Å². The van der Waals surface area contributed by atoms with Gasteiger partial charge < -0.3 is 19.6 Å². The standard InChI is InChI=1S/C25H31NOS.C13H14F3NO3S/c1-7-12-28-16-20-15-25(4,5)26-23-10-8-19(14-21(20)23)22-13-18(17(2)3)9-11-24(22)27-6;1-8-7-12(2,3)17-11-5-4-9(6-10(8)11)20-21(18,19)13(14,15)16/h7-11,13-15,17,26H,1,12,16H2,2-6H3;4-7,17H,1-3H3. The Morgan fingerprint density at radius 1 is 0.898 bits per heavy atom. The maximum atomic E-state index is 12.3. The Morgan fingerprint density at radius 3 is 2.14 bits per heavy atom. The number of fused-ring (bicyclic) bond motifs is 2. The molecule has 2 aliphatic heterocycles. The highest BCUT2D eigenvalue weighted by Crippen LogP contribution is 2.41. The van der Waals surface area contributed by atoms with Gasteiger partial charge in [-0.2, -0.15) is 33.4 Å². The molecule has 11 heteroatoms. The Morgan fingerprint density at radius 2 is 1.53 bits per heavy atom. The predicted octanol–water partition coefficient (Wildman–Crippen LogP) is 10.5. The summed E-state index contributed by atoms with van der Waals surface area (Å²) in [5.74, 6) is 2.97. The highest BCUT2D eigenvalue weighted by molar-refractivity contribution is 7.99. The van der Waals surface area contributed by atoms with Gasteiger partial charge in [0.2, 0.25) is 0 Å². The monoisotopic (exact) mass is 714 g/mol. The molecule has 0 aromatic heterocycles. The van der Waals surface area contributed by atoms with Crippen LogP contribution in [0.1, 0.15) is 71.1 Å². The molecule has 2 N–H and O–H groups in total. The van der Waals surface area contributed by atoms with Crippen molar-refractivity contribution in [2.24, 2.45) is 0 Å². The number of nitrogens with one attached hydrogen (secondary N) is 2. The van der Waals surface area contributed by atoms with Crippen molar-refractivity contribution in [1.29, 1.82) is 0 Å². The lowest BCUT2D eigenvalue weighted by Crippen LogP contribution is -2.32. The third-order valence-corrected chi connectivity index (χ3v) is 9.96. The fourth-order valence-electron chi connectivity index (χ4n) is 5.85. The lowest BCUT2D eigenvalue weighted by molar-refractivity contribution is -0.0500. The molecule has 2 heterocycles. The number of anilines is 2. The van der Waals surface area contributed by atoms with Crippen molar-refractivity contribution in [3.63, 3.8) is 0 Å². The summed E-state index contributed by atoms with van der Waals surface area (Å²) in [7, 11) is -3.91. The quantitative estimate of drug-likeness (QED) is 0.0989. The predicted molar refractivity (Wildman–Crippen MR) is 199 cm³/mol. The van der Waals surface area contributed by atoms with E-state index in [4.69, 9.17) is 4.74 Å². The Bertz CT molecular complexity index is 1880. The first-order chi connectivity index (χ1) is 22.8. The smallest absolute Gasteiger partial charge is 0.496 e. The number of methoxy groups -OCH3 is 1. The van der Waals surface area contributed by atoms with Crippen LogP contribution in [-0.4, -0.2) is 43.6 Å². The summed E-state index contributed by atoms with van der Waals surface area (Å²) in [6, 6.07) is 17.2. The zero-order chi connectivity index (χ0) is 36.4. The molecule has 0 unspecified atom stereocenters. The van der Waals surface area contributed by atoms with Gasteiger partial charge in [0.15, 0.2) is 0 Å². The number of benzene rings is 3. The van der Waals surface area contributed by atoms with Crippen molar-refractivity contribution in [2.75, 3.05) is 29.2 Å². The fraction of sp³-hybridized carbons (Fsp3) is 0.368. The summed E-state index contributed by atoms with van der Waals surface area (Å²) < 4.78 is 68.7. The van der Waals surface area contributed by atoms with Gasteiger partial charge in [0, 0.05) is 39.6 Å². The summed E-state index contributed by atoms with van der Waals surface area (Å²) in [5, 5.41) is 6.84. The van der Waals surface area contributed by atoms with Gasteiger partial charge in [0.25, 0.3) is 0 Å². The molecule has 2 aliphatic rings. The Hall–Kier alpha value is -3.83. The van der Waals surface area contributed by atoms with Crippen molar-refractivity contribution in [2.45, 2.75) is 71.0 Å². The highest BCUT2D eigenvalue weighted by atomic mass is 32.2. The number of thioether (sulfide) groups is 1. The summed E-state index contributed by atoms with van der Waals surface area (Å²) in [5.41, 5.74) is 3.87. The Balaban J connectivity index is 0.000000230. The first-order valence-corrected chi connectivity index (χ1v) is 18.5. The third-order valence-electron chi connectivity index (χ3n) is 7.99. The summed E-state index contributed by atoms with van der Waals surface area (Å²) in [4.78, 5) is 0. The average molecular weight is 715 g/mol. The molecule has 0 aliphatic carbocycles. The molecule has 0 atom stereocenters. The van der Waals surface area contributed by atoms with Crippen LogP contribution >= 0.6 is 11.8 Å². The normalized spacial score (nSPS) is 16.0. The van der Waals surface area contributed by atoms with Crippen molar-refractivity contribution in [3.05, 3.63) is 96.1 Å². The van der Waals surface area contributed by atoms with Gasteiger partial charge >= 0.3 is 15.6 Å². The van der Waals surface area contributed by atoms with E-state index in [0.717, 1.165) is 28.4 Å². The third kappa shape index (κ3) is 9.25. The molecule has 49 heavy (non-hydrogen) atoms. The zero-order valence-corrected chi connectivity index (χ0v) is 30.8. The number of rotatable bonds is 9. The van der Waals surface area contributed by atoms with Crippen LogP contribution in [0.3, 0.4) is 0 Å². The van der Waals surface area contributed by atoms with Gasteiger partial charge in [-0.3, -0.25) is 0 Å². The van der Waals surface area contributed by atoms with Crippen LogP contribution in [-0.2, 0) is 10.1 Å². The topological polar surface area (TPSA) is 76.7 Å². The SMILES string of the molecule is C=CCSCC1=CC(C)(C)Nc2ccc(-c3cc(C(C)C)ccc3OC)cc21.CC1=CC(C)(C)Nc2ccc(OS(=O)(=O)C(F)(F)F)cc21. The van der Waals surface area contributed by atoms with Gasteiger partial charge in [0.05, 0.1) is 18.2 Å². The second-order valence-electron chi connectivity index (χ2n) is 13.6. The van der Waals surface area contributed by atoms with E-state index in [1.165, 1.54) is 46.1 Å². The summed E-state index contributed by atoms with van der Waals surface area (Å²) in [6.45, 7) is 18.4. The van der Waals surface area contributed by atoms with Gasteiger partial charge in [-0.05, 0) is 105 Å². The molecule has 3 aromatic carbocycles. The maximum Gasteiger partial charge on any atom is 0.534 e. The first-order valence-electron chi connectivity index (χ1n) is 15.9. The second kappa shape index (κ2) is 14.6. The van der Waals surface area contributed by atoms with E-state index in [2.05, 4.69) is 91.6 Å². The van der Waals surface area contributed by atoms with Crippen molar-refractivity contribution in [3.8, 4) is 22.6 Å². The maximum absolute atomic E-state index is 12.3. The molecule has 0 spiro atoms. The summed E-state index contributed by atoms with van der Waals surface area (Å²) in [6.07, 6.45) is 6.23. The zero-order valence-electron chi connectivity index (χ0n) is 29.2. The molecular weight excluding hydrogens is 670 g/mol. The minimum Gasteiger partial charge on any atom is -0.496 e. The van der Waals surface area contributed by atoms with Crippen molar-refractivity contribution in [1.82, 2.24) is 0 Å². The number of hydrogen-bond acceptors (Lipinski definition) is 7. The van der Waals surface area contributed by atoms with E-state index < -0.39 is 15.6 Å². The van der Waals surface area contributed by atoms with Crippen LogP contribution in [0.5, 0.6) is 11.5 Å². The Labute approximate surface area is 293 Å². The molecule has 3 aromatic rings. The molecular formula is C38H45F3N2O4S2. The van der Waals surface area contributed by atoms with Crippen LogP contribution in [0.4, 0.5) is 24.5 Å². The number of halogens is 3. The molecule has 5 rings (SSSR count). The van der Waals surface area contributed by atoms with Crippen LogP contribution in [0.25, 0.3) is 22.3 Å². The van der Waals surface area contributed by atoms with E-state index in [-0.39, 0.29) is 16.8 Å². The molecule has 0 radical (unpaired) electrons. The van der Waals surface area contributed by atoms with E-state index in [1.54, 1.807) is 14.0 Å². The summed E-state index contributed by atoms with van der Waals surface area (Å²) >= 11 is 1.90. The van der Waals surface area contributed by atoms with E-state index in [0.29, 0.717) is 17.2 Å². The number of ether oxygens (including phenoxy) is 1. The molecule has 0 saturated carbocycles. The number of alkyl halides is 3. The fourth-order valence-corrected chi connectivity index (χ4v) is 7.05. The van der Waals surface area contributed by atoms with Crippen LogP contribution in [0.2, 0.25) is 0 Å². The van der Waals surface area contributed by atoms with E-state index in [1.807, 2.05) is 37.8 Å². The van der Waals surface area contributed by atoms with E-state index >= 15 is 0 Å². The molecule has 0 bridgehead atoms. The largest absolute Gasteiger partial charge is 0.534 e. The number of allylic oxidation sites excluding steroid dienone is 1. The lowest BCUT2D eigenvalue weighted by atomic mass is 9.88. The van der Waals surface area contributed by atoms with Crippen LogP contribution < -0.4 is 19.6 Å². The highest BCUT2D eigenvalue weighted by Gasteiger charge is 2.48. The minimum absolute atomic E-state index is 0.0478. The second-order valence-corrected chi connectivity index (χ2v) is 16.1. The van der Waals surface area contributed by atoms with Crippen molar-refractivity contribution < 1.29 is 30.5 Å². The average Bonchev–Trinajstić information content (AvgIpc) is 2.99. The Kier molecular flexibility index (Phi) is 11.3. The molecule has 0 amide bonds. The van der Waals surface area contributed by atoms with Crippen molar-refractivity contribution >= 4 is 44.4 Å². The van der Waals surface area contributed by atoms with Gasteiger partial charge in [-0.1, -0.05) is 44.2 Å². The van der Waals surface area contributed by atoms with Crippen LogP contribution in [0, 0.1) is 0 Å². The van der Waals surface area contributed by atoms with Crippen LogP contribution in [0.15, 0.2) is 79.4 Å². The van der Waals surface area contributed by atoms with Gasteiger partial charge in [0.1, 0.15) is 11.5 Å². The molecule has 6 nitrogen and oxygen atoms in total.